The highest BCUT2D eigenvalue weighted by molar-refractivity contribution is 5.59. The number of benzene rings is 1. The van der Waals surface area contributed by atoms with Crippen molar-refractivity contribution in [2.24, 2.45) is 0 Å². The van der Waals surface area contributed by atoms with Crippen LogP contribution in [0.4, 0.5) is 5.69 Å². The quantitative estimate of drug-likeness (QED) is 0.750. The molecule has 0 saturated heterocycles. The van der Waals surface area contributed by atoms with Gasteiger partial charge in [0.25, 0.3) is 0 Å². The third kappa shape index (κ3) is 3.61. The van der Waals surface area contributed by atoms with Crippen molar-refractivity contribution >= 4 is 5.69 Å². The van der Waals surface area contributed by atoms with E-state index in [1.54, 1.807) is 7.11 Å². The highest BCUT2D eigenvalue weighted by atomic mass is 16.5. The minimum absolute atomic E-state index is 0.148. The van der Waals surface area contributed by atoms with Gasteiger partial charge in [-0.2, -0.15) is 0 Å². The Morgan fingerprint density at radius 2 is 2.18 bits per heavy atom. The zero-order valence-corrected chi connectivity index (χ0v) is 10.9. The van der Waals surface area contributed by atoms with Crippen LogP contribution < -0.4 is 15.0 Å². The minimum atomic E-state index is 0.148. The highest BCUT2D eigenvalue weighted by Gasteiger charge is 2.10. The molecule has 4 heteroatoms. The van der Waals surface area contributed by atoms with E-state index < -0.39 is 0 Å². The second kappa shape index (κ2) is 7.14. The maximum absolute atomic E-state index is 9.04. The Morgan fingerprint density at radius 3 is 2.71 bits per heavy atom. The third-order valence-electron chi connectivity index (χ3n) is 2.72. The number of nitrogens with zero attached hydrogens (tertiary/aromatic N) is 1. The first-order valence-electron chi connectivity index (χ1n) is 5.94. The molecule has 1 rings (SSSR count). The average molecular weight is 238 g/mol. The maximum Gasteiger partial charge on any atom is 0.142 e. The van der Waals surface area contributed by atoms with Gasteiger partial charge in [0.05, 0.1) is 19.4 Å². The smallest absolute Gasteiger partial charge is 0.142 e. The number of hydrogen-bond donors (Lipinski definition) is 2. The van der Waals surface area contributed by atoms with Crippen molar-refractivity contribution in [3.63, 3.8) is 0 Å². The molecule has 2 N–H and O–H groups in total. The first-order valence-corrected chi connectivity index (χ1v) is 5.94. The van der Waals surface area contributed by atoms with Gasteiger partial charge in [-0.15, -0.1) is 0 Å². The summed E-state index contributed by atoms with van der Waals surface area (Å²) in [6, 6.07) is 6.16. The number of methoxy groups -OCH3 is 1. The zero-order chi connectivity index (χ0) is 12.7. The molecular weight excluding hydrogens is 216 g/mol. The van der Waals surface area contributed by atoms with Gasteiger partial charge in [0.15, 0.2) is 0 Å². The molecule has 96 valence electrons. The van der Waals surface area contributed by atoms with Gasteiger partial charge < -0.3 is 20.1 Å². The van der Waals surface area contributed by atoms with Gasteiger partial charge in [-0.1, -0.05) is 6.07 Å². The largest absolute Gasteiger partial charge is 0.495 e. The number of nitrogens with one attached hydrogen (secondary N) is 1. The standard InChI is InChI=1S/C13H22N2O2/c1-4-15(7-8-16)12-6-5-11(10-14-2)9-13(12)17-3/h5-6,9,14,16H,4,7-8,10H2,1-3H3. The van der Waals surface area contributed by atoms with Gasteiger partial charge in [0.1, 0.15) is 5.75 Å². The summed E-state index contributed by atoms with van der Waals surface area (Å²) in [4.78, 5) is 2.10. The number of aliphatic hydroxyl groups is 1. The van der Waals surface area contributed by atoms with Gasteiger partial charge in [0, 0.05) is 19.6 Å². The molecule has 0 amide bonds. The molecule has 17 heavy (non-hydrogen) atoms. The van der Waals surface area contributed by atoms with E-state index in [-0.39, 0.29) is 6.61 Å². The van der Waals surface area contributed by atoms with E-state index in [1.807, 2.05) is 19.2 Å². The molecule has 0 aliphatic heterocycles. The number of likely N-dealkylation sites (N-methyl/N-ethyl adjacent to an activating group) is 1. The summed E-state index contributed by atoms with van der Waals surface area (Å²) >= 11 is 0. The molecule has 1 aromatic rings. The van der Waals surface area contributed by atoms with E-state index in [2.05, 4.69) is 23.2 Å². The predicted octanol–water partition coefficient (Wildman–Crippen LogP) is 1.23. The summed E-state index contributed by atoms with van der Waals surface area (Å²) in [7, 11) is 3.60. The maximum atomic E-state index is 9.04. The summed E-state index contributed by atoms with van der Waals surface area (Å²) in [6.07, 6.45) is 0. The monoisotopic (exact) mass is 238 g/mol. The van der Waals surface area contributed by atoms with Gasteiger partial charge in [-0.05, 0) is 31.7 Å². The Kier molecular flexibility index (Phi) is 5.80. The summed E-state index contributed by atoms with van der Waals surface area (Å²) < 4.78 is 5.41. The van der Waals surface area contributed by atoms with Crippen LogP contribution in [0.15, 0.2) is 18.2 Å². The molecule has 0 bridgehead atoms. The van der Waals surface area contributed by atoms with Crippen LogP contribution in [0.2, 0.25) is 0 Å². The van der Waals surface area contributed by atoms with Gasteiger partial charge >= 0.3 is 0 Å². The van der Waals surface area contributed by atoms with E-state index in [4.69, 9.17) is 9.84 Å². The lowest BCUT2D eigenvalue weighted by molar-refractivity contribution is 0.302. The van der Waals surface area contributed by atoms with E-state index in [0.717, 1.165) is 24.5 Å². The third-order valence-corrected chi connectivity index (χ3v) is 2.72. The molecule has 0 spiro atoms. The zero-order valence-electron chi connectivity index (χ0n) is 10.9. The van der Waals surface area contributed by atoms with Crippen molar-refractivity contribution in [3.05, 3.63) is 23.8 Å². The number of anilines is 1. The van der Waals surface area contributed by atoms with Gasteiger partial charge in [0.2, 0.25) is 0 Å². The first-order chi connectivity index (χ1) is 8.26. The molecule has 1 aromatic carbocycles. The normalized spacial score (nSPS) is 10.4. The molecule has 0 aliphatic carbocycles. The van der Waals surface area contributed by atoms with E-state index in [1.165, 1.54) is 5.56 Å². The molecule has 0 aliphatic rings. The molecule has 0 saturated carbocycles. The van der Waals surface area contributed by atoms with Crippen LogP contribution in [0.25, 0.3) is 0 Å². The fraction of sp³-hybridized carbons (Fsp3) is 0.538. The Balaban J connectivity index is 2.97. The fourth-order valence-corrected chi connectivity index (χ4v) is 1.87. The van der Waals surface area contributed by atoms with Crippen LogP contribution in [-0.2, 0) is 6.54 Å². The van der Waals surface area contributed by atoms with Crippen molar-refractivity contribution in [1.29, 1.82) is 0 Å². The van der Waals surface area contributed by atoms with Crippen molar-refractivity contribution in [2.45, 2.75) is 13.5 Å². The average Bonchev–Trinajstić information content (AvgIpc) is 2.36. The van der Waals surface area contributed by atoms with Crippen LogP contribution in [0, 0.1) is 0 Å². The van der Waals surface area contributed by atoms with Crippen molar-refractivity contribution in [2.75, 3.05) is 38.8 Å². The molecule has 4 nitrogen and oxygen atoms in total. The summed E-state index contributed by atoms with van der Waals surface area (Å²) in [6.45, 7) is 4.51. The SMILES string of the molecule is CCN(CCO)c1ccc(CNC)cc1OC. The summed E-state index contributed by atoms with van der Waals surface area (Å²) in [5.74, 6) is 0.855. The van der Waals surface area contributed by atoms with E-state index in [9.17, 15) is 0 Å². The Hall–Kier alpha value is -1.26. The predicted molar refractivity (Wildman–Crippen MR) is 70.7 cm³/mol. The molecule has 0 aromatic heterocycles. The number of ether oxygens (including phenoxy) is 1. The van der Waals surface area contributed by atoms with Crippen LogP contribution >= 0.6 is 0 Å². The molecule has 0 heterocycles. The topological polar surface area (TPSA) is 44.7 Å². The Labute approximate surface area is 103 Å². The fourth-order valence-electron chi connectivity index (χ4n) is 1.87. The lowest BCUT2D eigenvalue weighted by Crippen LogP contribution is -2.26. The Morgan fingerprint density at radius 1 is 1.41 bits per heavy atom. The van der Waals surface area contributed by atoms with Crippen molar-refractivity contribution < 1.29 is 9.84 Å². The van der Waals surface area contributed by atoms with Crippen molar-refractivity contribution in [1.82, 2.24) is 5.32 Å². The molecule has 0 radical (unpaired) electrons. The molecule has 0 unspecified atom stereocenters. The van der Waals surface area contributed by atoms with Crippen LogP contribution in [0.3, 0.4) is 0 Å². The molecular formula is C13H22N2O2. The second-order valence-electron chi connectivity index (χ2n) is 3.84. The van der Waals surface area contributed by atoms with Crippen LogP contribution in [0.5, 0.6) is 5.75 Å². The second-order valence-corrected chi connectivity index (χ2v) is 3.84. The van der Waals surface area contributed by atoms with Gasteiger partial charge in [-0.25, -0.2) is 0 Å². The van der Waals surface area contributed by atoms with Crippen LogP contribution in [-0.4, -0.2) is 39.0 Å². The first kappa shape index (κ1) is 13.8. The van der Waals surface area contributed by atoms with Crippen molar-refractivity contribution in [3.8, 4) is 5.75 Å². The lowest BCUT2D eigenvalue weighted by Gasteiger charge is -2.24. The number of hydrogen-bond acceptors (Lipinski definition) is 4. The Bertz CT molecular complexity index is 342. The van der Waals surface area contributed by atoms with E-state index >= 15 is 0 Å². The molecule has 0 atom stereocenters. The van der Waals surface area contributed by atoms with Crippen LogP contribution in [0.1, 0.15) is 12.5 Å². The summed E-state index contributed by atoms with van der Waals surface area (Å²) in [5, 5.41) is 12.2. The van der Waals surface area contributed by atoms with E-state index in [0.29, 0.717) is 6.54 Å². The van der Waals surface area contributed by atoms with Gasteiger partial charge in [-0.3, -0.25) is 0 Å². The summed E-state index contributed by atoms with van der Waals surface area (Å²) in [5.41, 5.74) is 2.22. The minimum Gasteiger partial charge on any atom is -0.495 e. The highest BCUT2D eigenvalue weighted by Crippen LogP contribution is 2.29. The number of aliphatic hydroxyl groups excluding tert-OH is 1. The number of rotatable bonds is 7. The lowest BCUT2D eigenvalue weighted by atomic mass is 10.1. The molecule has 0 fully saturated rings.